The van der Waals surface area contributed by atoms with Crippen LogP contribution < -0.4 is 5.32 Å². The molecule has 0 aromatic rings. The molecule has 0 rings (SSSR count). The van der Waals surface area contributed by atoms with E-state index in [-0.39, 0.29) is 5.91 Å². The smallest absolute Gasteiger partial charge is 0.243 e. The van der Waals surface area contributed by atoms with Gasteiger partial charge in [-0.2, -0.15) is 0 Å². The second-order valence-corrected chi connectivity index (χ2v) is 6.07. The van der Waals surface area contributed by atoms with E-state index >= 15 is 0 Å². The number of carbonyl (C=O) groups excluding carboxylic acids is 1. The first-order valence-corrected chi connectivity index (χ1v) is 9.08. The van der Waals surface area contributed by atoms with Gasteiger partial charge >= 0.3 is 0 Å². The Kier molecular flexibility index (Phi) is 15.9. The van der Waals surface area contributed by atoms with Crippen LogP contribution in [0.3, 0.4) is 0 Å². The third-order valence-corrected chi connectivity index (χ3v) is 3.11. The summed E-state index contributed by atoms with van der Waals surface area (Å²) in [4.78, 5) is 11.4. The highest BCUT2D eigenvalue weighted by Crippen LogP contribution is 1.97. The minimum absolute atomic E-state index is 0.0332. The summed E-state index contributed by atoms with van der Waals surface area (Å²) in [5.41, 5.74) is 0. The first kappa shape index (κ1) is 22.0. The zero-order valence-corrected chi connectivity index (χ0v) is 15.6. The summed E-state index contributed by atoms with van der Waals surface area (Å²) in [5, 5.41) is 2.84. The normalized spacial score (nSPS) is 11.8. The number of nitrogens with one attached hydrogen (secondary N) is 1. The fourth-order valence-corrected chi connectivity index (χ4v) is 1.75. The quantitative estimate of drug-likeness (QED) is 0.236. The van der Waals surface area contributed by atoms with E-state index in [4.69, 9.17) is 0 Å². The standard InChI is InChI=1S/C22H33NO/c1-4-5-6-7-8-9-10-11-12-13-14-15-16-17-18-19-22(24)23-20-21(2)3/h10-13,16-19,21H,4-7,14-15,20H2,1-3H3,(H,23,24)/b11-10+,13-12+,17-16+,19-18+. The van der Waals surface area contributed by atoms with Crippen molar-refractivity contribution in [2.45, 2.75) is 59.3 Å². The SMILES string of the molecule is CCCCCC#C/C=C/C=C/CC/C=C/C=C/C(=O)NCC(C)C. The predicted octanol–water partition coefficient (Wildman–Crippen LogP) is 5.35. The number of allylic oxidation sites excluding steroid dienone is 7. The highest BCUT2D eigenvalue weighted by molar-refractivity contribution is 5.87. The number of unbranched alkanes of at least 4 members (excludes halogenated alkanes) is 4. The molecule has 0 spiro atoms. The van der Waals surface area contributed by atoms with Gasteiger partial charge in [-0.3, -0.25) is 4.79 Å². The lowest BCUT2D eigenvalue weighted by atomic mass is 10.2. The maximum absolute atomic E-state index is 11.4. The second kappa shape index (κ2) is 17.3. The van der Waals surface area contributed by atoms with E-state index < -0.39 is 0 Å². The molecule has 0 atom stereocenters. The van der Waals surface area contributed by atoms with E-state index in [9.17, 15) is 4.79 Å². The maximum atomic E-state index is 11.4. The van der Waals surface area contributed by atoms with Gasteiger partial charge < -0.3 is 5.32 Å². The molecule has 0 aliphatic carbocycles. The summed E-state index contributed by atoms with van der Waals surface area (Å²) in [6.45, 7) is 7.07. The lowest BCUT2D eigenvalue weighted by molar-refractivity contribution is -0.116. The molecule has 1 amide bonds. The van der Waals surface area contributed by atoms with Crippen LogP contribution in [0, 0.1) is 17.8 Å². The molecule has 0 aliphatic heterocycles. The number of rotatable bonds is 11. The minimum atomic E-state index is -0.0332. The predicted molar refractivity (Wildman–Crippen MR) is 106 cm³/mol. The van der Waals surface area contributed by atoms with Crippen molar-refractivity contribution >= 4 is 5.91 Å². The van der Waals surface area contributed by atoms with Crippen molar-refractivity contribution in [2.75, 3.05) is 6.54 Å². The summed E-state index contributed by atoms with van der Waals surface area (Å²) in [6.07, 6.45) is 22.0. The van der Waals surface area contributed by atoms with Crippen LogP contribution in [-0.2, 0) is 4.79 Å². The first-order chi connectivity index (χ1) is 11.7. The van der Waals surface area contributed by atoms with E-state index in [2.05, 4.69) is 50.1 Å². The Morgan fingerprint density at radius 1 is 1.04 bits per heavy atom. The molecule has 0 aromatic carbocycles. The highest BCUT2D eigenvalue weighted by Gasteiger charge is 1.95. The lowest BCUT2D eigenvalue weighted by Crippen LogP contribution is -2.25. The number of hydrogen-bond donors (Lipinski definition) is 1. The monoisotopic (exact) mass is 327 g/mol. The van der Waals surface area contributed by atoms with Gasteiger partial charge in [-0.1, -0.05) is 81.9 Å². The van der Waals surface area contributed by atoms with Gasteiger partial charge in [0, 0.05) is 19.0 Å². The summed E-state index contributed by atoms with van der Waals surface area (Å²) >= 11 is 0. The highest BCUT2D eigenvalue weighted by atomic mass is 16.1. The average molecular weight is 328 g/mol. The van der Waals surface area contributed by atoms with Crippen LogP contribution in [0.25, 0.3) is 0 Å². The summed E-state index contributed by atoms with van der Waals surface area (Å²) in [7, 11) is 0. The molecule has 0 heterocycles. The molecular weight excluding hydrogens is 294 g/mol. The Hall–Kier alpha value is -2.01. The maximum Gasteiger partial charge on any atom is 0.243 e. The van der Waals surface area contributed by atoms with Gasteiger partial charge in [-0.05, 0) is 31.3 Å². The Labute approximate surface area is 148 Å². The largest absolute Gasteiger partial charge is 0.352 e. The van der Waals surface area contributed by atoms with Crippen molar-refractivity contribution in [1.82, 2.24) is 5.32 Å². The van der Waals surface area contributed by atoms with Crippen molar-refractivity contribution in [1.29, 1.82) is 0 Å². The van der Waals surface area contributed by atoms with Crippen molar-refractivity contribution in [3.63, 3.8) is 0 Å². The van der Waals surface area contributed by atoms with E-state index in [1.165, 1.54) is 19.3 Å². The molecule has 0 aromatic heterocycles. The molecule has 24 heavy (non-hydrogen) atoms. The van der Waals surface area contributed by atoms with Crippen molar-refractivity contribution in [3.05, 3.63) is 48.6 Å². The van der Waals surface area contributed by atoms with Gasteiger partial charge in [0.15, 0.2) is 0 Å². The van der Waals surface area contributed by atoms with E-state index in [0.717, 1.165) is 19.3 Å². The van der Waals surface area contributed by atoms with Crippen LogP contribution in [0.5, 0.6) is 0 Å². The van der Waals surface area contributed by atoms with Crippen molar-refractivity contribution in [3.8, 4) is 11.8 Å². The molecule has 0 aliphatic rings. The van der Waals surface area contributed by atoms with E-state index in [1.54, 1.807) is 12.2 Å². The number of hydrogen-bond acceptors (Lipinski definition) is 1. The Bertz CT molecular complexity index is 484. The van der Waals surface area contributed by atoms with Gasteiger partial charge in [0.2, 0.25) is 5.91 Å². The molecule has 0 unspecified atom stereocenters. The molecule has 0 bridgehead atoms. The van der Waals surface area contributed by atoms with Gasteiger partial charge in [0.05, 0.1) is 0 Å². The average Bonchev–Trinajstić information content (AvgIpc) is 2.56. The van der Waals surface area contributed by atoms with Gasteiger partial charge in [-0.25, -0.2) is 0 Å². The van der Waals surface area contributed by atoms with Crippen molar-refractivity contribution < 1.29 is 4.79 Å². The molecule has 132 valence electrons. The summed E-state index contributed by atoms with van der Waals surface area (Å²) < 4.78 is 0. The van der Waals surface area contributed by atoms with Crippen LogP contribution in [0.4, 0.5) is 0 Å². The lowest BCUT2D eigenvalue weighted by Gasteiger charge is -2.03. The van der Waals surface area contributed by atoms with Crippen LogP contribution in [0.2, 0.25) is 0 Å². The van der Waals surface area contributed by atoms with Crippen LogP contribution in [0.15, 0.2) is 48.6 Å². The van der Waals surface area contributed by atoms with Crippen LogP contribution in [0.1, 0.15) is 59.3 Å². The zero-order chi connectivity index (χ0) is 17.9. The van der Waals surface area contributed by atoms with Crippen LogP contribution >= 0.6 is 0 Å². The molecule has 2 nitrogen and oxygen atoms in total. The topological polar surface area (TPSA) is 29.1 Å². The number of amides is 1. The Morgan fingerprint density at radius 2 is 1.75 bits per heavy atom. The Morgan fingerprint density at radius 3 is 2.42 bits per heavy atom. The van der Waals surface area contributed by atoms with Gasteiger partial charge in [0.25, 0.3) is 0 Å². The molecule has 0 radical (unpaired) electrons. The summed E-state index contributed by atoms with van der Waals surface area (Å²) in [6, 6.07) is 0. The molecule has 0 saturated heterocycles. The first-order valence-electron chi connectivity index (χ1n) is 9.08. The Balaban J connectivity index is 3.68. The summed E-state index contributed by atoms with van der Waals surface area (Å²) in [5.74, 6) is 6.64. The molecule has 1 N–H and O–H groups in total. The number of carbonyl (C=O) groups is 1. The van der Waals surface area contributed by atoms with E-state index in [1.807, 2.05) is 24.3 Å². The molecule has 0 saturated carbocycles. The molecular formula is C22H33NO. The van der Waals surface area contributed by atoms with E-state index in [0.29, 0.717) is 12.5 Å². The third kappa shape index (κ3) is 18.0. The minimum Gasteiger partial charge on any atom is -0.352 e. The van der Waals surface area contributed by atoms with Gasteiger partial charge in [0.1, 0.15) is 0 Å². The fraction of sp³-hybridized carbons (Fsp3) is 0.500. The second-order valence-electron chi connectivity index (χ2n) is 6.07. The van der Waals surface area contributed by atoms with Crippen molar-refractivity contribution in [2.24, 2.45) is 5.92 Å². The van der Waals surface area contributed by atoms with Gasteiger partial charge in [-0.15, -0.1) is 0 Å². The third-order valence-electron chi connectivity index (χ3n) is 3.11. The molecule has 2 heteroatoms. The fourth-order valence-electron chi connectivity index (χ4n) is 1.75. The molecule has 0 fully saturated rings. The zero-order valence-electron chi connectivity index (χ0n) is 15.6. The van der Waals surface area contributed by atoms with Crippen LogP contribution in [-0.4, -0.2) is 12.5 Å².